The highest BCUT2D eigenvalue weighted by atomic mass is 16.7. The summed E-state index contributed by atoms with van der Waals surface area (Å²) in [6.45, 7) is 4.41. The maximum absolute atomic E-state index is 11.9. The van der Waals surface area contributed by atoms with Crippen molar-refractivity contribution in [2.75, 3.05) is 26.3 Å². The smallest absolute Gasteiger partial charge is 0.450 e. The predicted molar refractivity (Wildman–Crippen MR) is 81.4 cm³/mol. The molecular weight excluding hydrogens is 304 g/mol. The lowest BCUT2D eigenvalue weighted by Gasteiger charge is -2.08. The molecule has 8 heteroatoms. The van der Waals surface area contributed by atoms with Crippen molar-refractivity contribution >= 4 is 18.2 Å². The highest BCUT2D eigenvalue weighted by Crippen LogP contribution is 2.12. The van der Waals surface area contributed by atoms with E-state index in [0.717, 1.165) is 0 Å². The Balaban J connectivity index is 2.36. The second-order valence-corrected chi connectivity index (χ2v) is 4.21. The van der Waals surface area contributed by atoms with Crippen LogP contribution in [-0.2, 0) is 9.47 Å². The molecule has 0 fully saturated rings. The molecule has 0 aliphatic heterocycles. The van der Waals surface area contributed by atoms with E-state index in [1.807, 2.05) is 0 Å². The average molecular weight is 324 g/mol. The van der Waals surface area contributed by atoms with Crippen LogP contribution in [0.2, 0.25) is 0 Å². The zero-order valence-corrected chi connectivity index (χ0v) is 13.1. The Bertz CT molecular complexity index is 529. The zero-order chi connectivity index (χ0) is 17.1. The van der Waals surface area contributed by atoms with Crippen molar-refractivity contribution < 1.29 is 28.6 Å². The molecule has 0 bridgehead atoms. The van der Waals surface area contributed by atoms with Crippen molar-refractivity contribution in [2.45, 2.75) is 13.8 Å². The molecule has 2 amide bonds. The lowest BCUT2D eigenvalue weighted by molar-refractivity contribution is 0.0952. The van der Waals surface area contributed by atoms with Crippen molar-refractivity contribution in [3.8, 4) is 5.75 Å². The first kappa shape index (κ1) is 18.3. The van der Waals surface area contributed by atoms with E-state index in [9.17, 15) is 14.4 Å². The molecule has 0 aromatic heterocycles. The third-order valence-corrected chi connectivity index (χ3v) is 2.54. The standard InChI is InChI=1S/C15H20N2O6/c1-3-21-14(19)17-10-9-16-13(18)11-5-7-12(8-6-11)23-15(20)22-4-2/h5-8H,3-4,9-10H2,1-2H3,(H,16,18)(H,17,19). The second kappa shape index (κ2) is 10.0. The van der Waals surface area contributed by atoms with Crippen LogP contribution in [-0.4, -0.2) is 44.5 Å². The first-order valence-corrected chi connectivity index (χ1v) is 7.20. The summed E-state index contributed by atoms with van der Waals surface area (Å²) in [4.78, 5) is 34.0. The monoisotopic (exact) mass is 324 g/mol. The van der Waals surface area contributed by atoms with Crippen molar-refractivity contribution in [1.82, 2.24) is 10.6 Å². The van der Waals surface area contributed by atoms with Gasteiger partial charge in [0.2, 0.25) is 0 Å². The number of benzene rings is 1. The first-order valence-electron chi connectivity index (χ1n) is 7.20. The number of carbonyl (C=O) groups excluding carboxylic acids is 3. The van der Waals surface area contributed by atoms with Crippen molar-refractivity contribution in [3.05, 3.63) is 29.8 Å². The van der Waals surface area contributed by atoms with Crippen molar-refractivity contribution in [3.63, 3.8) is 0 Å². The Morgan fingerprint density at radius 3 is 2.13 bits per heavy atom. The topological polar surface area (TPSA) is 103 Å². The fourth-order valence-corrected chi connectivity index (χ4v) is 1.54. The molecule has 0 saturated heterocycles. The molecule has 0 saturated carbocycles. The fraction of sp³-hybridized carbons (Fsp3) is 0.400. The van der Waals surface area contributed by atoms with E-state index in [1.54, 1.807) is 13.8 Å². The third-order valence-electron chi connectivity index (χ3n) is 2.54. The molecule has 0 spiro atoms. The number of hydrogen-bond donors (Lipinski definition) is 2. The van der Waals surface area contributed by atoms with Gasteiger partial charge < -0.3 is 24.8 Å². The minimum absolute atomic E-state index is 0.221. The van der Waals surface area contributed by atoms with Gasteiger partial charge in [0, 0.05) is 18.7 Å². The fourth-order valence-electron chi connectivity index (χ4n) is 1.54. The highest BCUT2D eigenvalue weighted by Gasteiger charge is 2.08. The van der Waals surface area contributed by atoms with Crippen LogP contribution in [0.4, 0.5) is 9.59 Å². The minimum atomic E-state index is -0.797. The van der Waals surface area contributed by atoms with Gasteiger partial charge in [-0.15, -0.1) is 0 Å². The third kappa shape index (κ3) is 7.16. The Kier molecular flexibility index (Phi) is 7.98. The van der Waals surface area contributed by atoms with Gasteiger partial charge in [-0.1, -0.05) is 0 Å². The number of hydrogen-bond acceptors (Lipinski definition) is 6. The van der Waals surface area contributed by atoms with Crippen LogP contribution in [0.1, 0.15) is 24.2 Å². The van der Waals surface area contributed by atoms with E-state index in [1.165, 1.54) is 24.3 Å². The quantitative estimate of drug-likeness (QED) is 0.449. The molecule has 0 radical (unpaired) electrons. The molecule has 0 aliphatic rings. The maximum atomic E-state index is 11.9. The summed E-state index contributed by atoms with van der Waals surface area (Å²) in [7, 11) is 0. The Morgan fingerprint density at radius 2 is 1.52 bits per heavy atom. The Labute approximate surface area is 134 Å². The van der Waals surface area contributed by atoms with Gasteiger partial charge in [-0.3, -0.25) is 4.79 Å². The van der Waals surface area contributed by atoms with Gasteiger partial charge in [0.25, 0.3) is 5.91 Å². The summed E-state index contributed by atoms with van der Waals surface area (Å²) < 4.78 is 14.2. The lowest BCUT2D eigenvalue weighted by Crippen LogP contribution is -2.34. The molecule has 0 unspecified atom stereocenters. The predicted octanol–water partition coefficient (Wildman–Crippen LogP) is 1.70. The molecule has 1 rings (SSSR count). The molecule has 1 aromatic rings. The van der Waals surface area contributed by atoms with Crippen LogP contribution in [0, 0.1) is 0 Å². The molecule has 0 heterocycles. The van der Waals surface area contributed by atoms with Crippen LogP contribution < -0.4 is 15.4 Å². The normalized spacial score (nSPS) is 9.65. The van der Waals surface area contributed by atoms with Crippen molar-refractivity contribution in [2.24, 2.45) is 0 Å². The summed E-state index contributed by atoms with van der Waals surface area (Å²) >= 11 is 0. The van der Waals surface area contributed by atoms with Gasteiger partial charge in [-0.25, -0.2) is 9.59 Å². The summed E-state index contributed by atoms with van der Waals surface area (Å²) in [5.41, 5.74) is 0.400. The number of nitrogens with one attached hydrogen (secondary N) is 2. The van der Waals surface area contributed by atoms with Gasteiger partial charge in [0.05, 0.1) is 13.2 Å². The molecule has 1 aromatic carbocycles. The number of ether oxygens (including phenoxy) is 3. The summed E-state index contributed by atoms with van der Waals surface area (Å²) in [5.74, 6) is -0.0256. The first-order chi connectivity index (χ1) is 11.1. The van der Waals surface area contributed by atoms with E-state index in [2.05, 4.69) is 20.1 Å². The van der Waals surface area contributed by atoms with Gasteiger partial charge in [0.1, 0.15) is 5.75 Å². The Hall–Kier alpha value is -2.77. The maximum Gasteiger partial charge on any atom is 0.513 e. The summed E-state index contributed by atoms with van der Waals surface area (Å²) in [6.07, 6.45) is -1.32. The number of alkyl carbamates (subject to hydrolysis) is 1. The van der Waals surface area contributed by atoms with Crippen LogP contribution in [0.25, 0.3) is 0 Å². The van der Waals surface area contributed by atoms with E-state index in [4.69, 9.17) is 4.74 Å². The van der Waals surface area contributed by atoms with Crippen LogP contribution >= 0.6 is 0 Å². The van der Waals surface area contributed by atoms with Gasteiger partial charge >= 0.3 is 12.2 Å². The van der Waals surface area contributed by atoms with Crippen molar-refractivity contribution in [1.29, 1.82) is 0 Å². The van der Waals surface area contributed by atoms with E-state index in [0.29, 0.717) is 12.2 Å². The molecule has 2 N–H and O–H groups in total. The molecule has 126 valence electrons. The average Bonchev–Trinajstić information content (AvgIpc) is 2.52. The lowest BCUT2D eigenvalue weighted by atomic mass is 10.2. The van der Waals surface area contributed by atoms with E-state index < -0.39 is 12.2 Å². The highest BCUT2D eigenvalue weighted by molar-refractivity contribution is 5.94. The van der Waals surface area contributed by atoms with Crippen LogP contribution in [0.15, 0.2) is 24.3 Å². The molecular formula is C15H20N2O6. The van der Waals surface area contributed by atoms with Gasteiger partial charge in [0.15, 0.2) is 0 Å². The van der Waals surface area contributed by atoms with Gasteiger partial charge in [-0.2, -0.15) is 0 Å². The summed E-state index contributed by atoms with van der Waals surface area (Å²) in [5, 5.41) is 5.12. The van der Waals surface area contributed by atoms with E-state index in [-0.39, 0.29) is 31.4 Å². The molecule has 0 aliphatic carbocycles. The number of rotatable bonds is 7. The number of carbonyl (C=O) groups is 3. The summed E-state index contributed by atoms with van der Waals surface area (Å²) in [6, 6.07) is 6.01. The van der Waals surface area contributed by atoms with E-state index >= 15 is 0 Å². The zero-order valence-electron chi connectivity index (χ0n) is 13.1. The largest absolute Gasteiger partial charge is 0.513 e. The van der Waals surface area contributed by atoms with Gasteiger partial charge in [-0.05, 0) is 38.1 Å². The SMILES string of the molecule is CCOC(=O)NCCNC(=O)c1ccc(OC(=O)OCC)cc1. The number of amides is 2. The Morgan fingerprint density at radius 1 is 0.913 bits per heavy atom. The van der Waals surface area contributed by atoms with Crippen LogP contribution in [0.5, 0.6) is 5.75 Å². The second-order valence-electron chi connectivity index (χ2n) is 4.21. The molecule has 8 nitrogen and oxygen atoms in total. The molecule has 23 heavy (non-hydrogen) atoms. The molecule has 0 atom stereocenters. The minimum Gasteiger partial charge on any atom is -0.450 e. The van der Waals surface area contributed by atoms with Crippen LogP contribution in [0.3, 0.4) is 0 Å².